The number of hydrogen-bond donors (Lipinski definition) is 1. The molecule has 0 amide bonds. The number of hydrogen-bond acceptors (Lipinski definition) is 3. The van der Waals surface area contributed by atoms with Gasteiger partial charge in [0.05, 0.1) is 5.88 Å². The molecule has 2 nitrogen and oxygen atoms in total. The molecular weight excluding hydrogens is 258 g/mol. The van der Waals surface area contributed by atoms with E-state index in [4.69, 9.17) is 11.6 Å². The average molecular weight is 267 g/mol. The summed E-state index contributed by atoms with van der Waals surface area (Å²) in [4.78, 5) is 11.6. The molecule has 88 valence electrons. The van der Waals surface area contributed by atoms with Crippen LogP contribution in [0.25, 0.3) is 0 Å². The molecule has 0 atom stereocenters. The van der Waals surface area contributed by atoms with E-state index in [1.165, 1.54) is 12.1 Å². The minimum absolute atomic E-state index is 0.0408. The first kappa shape index (κ1) is 13.3. The first-order valence-electron chi connectivity index (χ1n) is 4.38. The number of ketones is 1. The molecule has 0 aromatic heterocycles. The Morgan fingerprint density at radius 2 is 2.19 bits per heavy atom. The molecule has 0 aliphatic heterocycles. The minimum atomic E-state index is -2.93. The maximum atomic E-state index is 12.1. The molecule has 0 spiro atoms. The van der Waals surface area contributed by atoms with Crippen LogP contribution in [0.4, 0.5) is 8.78 Å². The average Bonchev–Trinajstić information content (AvgIpc) is 2.22. The van der Waals surface area contributed by atoms with Crippen LogP contribution in [0.2, 0.25) is 0 Å². The molecule has 0 radical (unpaired) electrons. The largest absolute Gasteiger partial charge is 0.434 e. The van der Waals surface area contributed by atoms with Crippen LogP contribution in [-0.2, 0) is 11.2 Å². The molecule has 0 aliphatic rings. The summed E-state index contributed by atoms with van der Waals surface area (Å²) in [6.45, 7) is -2.93. The molecule has 0 fully saturated rings. The zero-order valence-corrected chi connectivity index (χ0v) is 9.77. The van der Waals surface area contributed by atoms with Gasteiger partial charge in [0.25, 0.3) is 0 Å². The molecule has 0 saturated heterocycles. The summed E-state index contributed by atoms with van der Waals surface area (Å²) in [6, 6.07) is 4.48. The van der Waals surface area contributed by atoms with Crippen molar-refractivity contribution in [2.75, 3.05) is 5.88 Å². The van der Waals surface area contributed by atoms with Gasteiger partial charge in [0.2, 0.25) is 0 Å². The van der Waals surface area contributed by atoms with Gasteiger partial charge in [-0.1, -0.05) is 6.07 Å². The second-order valence-corrected chi connectivity index (χ2v) is 3.73. The Labute approximate surface area is 102 Å². The van der Waals surface area contributed by atoms with E-state index in [-0.39, 0.29) is 23.8 Å². The molecule has 0 saturated carbocycles. The molecule has 0 bridgehead atoms. The van der Waals surface area contributed by atoms with Gasteiger partial charge in [-0.2, -0.15) is 8.78 Å². The Balaban J connectivity index is 2.98. The highest BCUT2D eigenvalue weighted by Gasteiger charge is 2.14. The summed E-state index contributed by atoms with van der Waals surface area (Å²) in [5, 5.41) is 0. The lowest BCUT2D eigenvalue weighted by atomic mass is 10.1. The predicted molar refractivity (Wildman–Crippen MR) is 59.8 cm³/mol. The Hall–Kier alpha value is -0.810. The highest BCUT2D eigenvalue weighted by molar-refractivity contribution is 7.80. The van der Waals surface area contributed by atoms with E-state index in [0.717, 1.165) is 0 Å². The molecule has 0 heterocycles. The van der Waals surface area contributed by atoms with Gasteiger partial charge in [0.1, 0.15) is 5.75 Å². The van der Waals surface area contributed by atoms with Crippen molar-refractivity contribution < 1.29 is 18.3 Å². The number of Topliss-reactive ketones (excluding diaryl/α,β-unsaturated/α-hetero) is 1. The molecule has 1 aromatic carbocycles. The fourth-order valence-electron chi connectivity index (χ4n) is 1.18. The topological polar surface area (TPSA) is 26.3 Å². The second-order valence-electron chi connectivity index (χ2n) is 2.98. The van der Waals surface area contributed by atoms with Gasteiger partial charge in [0.15, 0.2) is 5.78 Å². The molecule has 16 heavy (non-hydrogen) atoms. The van der Waals surface area contributed by atoms with E-state index in [9.17, 15) is 13.6 Å². The van der Waals surface area contributed by atoms with Crippen LogP contribution in [0.1, 0.15) is 5.56 Å². The van der Waals surface area contributed by atoms with Gasteiger partial charge in [0, 0.05) is 16.9 Å². The quantitative estimate of drug-likeness (QED) is 0.655. The first-order valence-corrected chi connectivity index (χ1v) is 5.36. The third kappa shape index (κ3) is 3.64. The lowest BCUT2D eigenvalue weighted by Crippen LogP contribution is -2.09. The monoisotopic (exact) mass is 266 g/mol. The summed E-state index contributed by atoms with van der Waals surface area (Å²) in [5.41, 5.74) is 0.330. The van der Waals surface area contributed by atoms with Crippen molar-refractivity contribution in [2.45, 2.75) is 17.9 Å². The molecule has 1 rings (SSSR count). The number of halogens is 3. The van der Waals surface area contributed by atoms with Crippen molar-refractivity contribution in [1.29, 1.82) is 0 Å². The first-order chi connectivity index (χ1) is 7.54. The lowest BCUT2D eigenvalue weighted by Gasteiger charge is -2.11. The fourth-order valence-corrected chi connectivity index (χ4v) is 1.55. The fraction of sp³-hybridized carbons (Fsp3) is 0.300. The highest BCUT2D eigenvalue weighted by atomic mass is 35.5. The smallest absolute Gasteiger partial charge is 0.387 e. The van der Waals surface area contributed by atoms with Gasteiger partial charge in [-0.05, 0) is 12.1 Å². The zero-order valence-electron chi connectivity index (χ0n) is 8.12. The number of thiol groups is 1. The van der Waals surface area contributed by atoms with Gasteiger partial charge in [-0.25, -0.2) is 0 Å². The van der Waals surface area contributed by atoms with Crippen molar-refractivity contribution in [1.82, 2.24) is 0 Å². The second kappa shape index (κ2) is 6.06. The standard InChI is InChI=1S/C10H9ClF2O2S/c11-5-6(14)4-7-8(15-10(12)13)2-1-3-9(7)16/h1-3,10,16H,4-5H2. The number of rotatable bonds is 5. The molecule has 0 aliphatic carbocycles. The number of benzene rings is 1. The lowest BCUT2D eigenvalue weighted by molar-refractivity contribution is -0.116. The van der Waals surface area contributed by atoms with E-state index in [0.29, 0.717) is 10.5 Å². The zero-order chi connectivity index (χ0) is 12.1. The summed E-state index contributed by atoms with van der Waals surface area (Å²) in [7, 11) is 0. The summed E-state index contributed by atoms with van der Waals surface area (Å²) < 4.78 is 28.5. The highest BCUT2D eigenvalue weighted by Crippen LogP contribution is 2.27. The molecule has 1 aromatic rings. The minimum Gasteiger partial charge on any atom is -0.434 e. The van der Waals surface area contributed by atoms with Crippen LogP contribution in [0.15, 0.2) is 23.1 Å². The van der Waals surface area contributed by atoms with Crippen LogP contribution in [-0.4, -0.2) is 18.3 Å². The van der Waals surface area contributed by atoms with Crippen LogP contribution in [0.5, 0.6) is 5.75 Å². The molecule has 0 N–H and O–H groups in total. The van der Waals surface area contributed by atoms with E-state index in [2.05, 4.69) is 17.4 Å². The Bertz CT molecular complexity index is 385. The SMILES string of the molecule is O=C(CCl)Cc1c(S)cccc1OC(F)F. The number of carbonyl (C=O) groups excluding carboxylic acids is 1. The van der Waals surface area contributed by atoms with E-state index in [1.807, 2.05) is 0 Å². The van der Waals surface area contributed by atoms with Crippen molar-refractivity contribution in [3.63, 3.8) is 0 Å². The van der Waals surface area contributed by atoms with Crippen LogP contribution in [0.3, 0.4) is 0 Å². The third-order valence-electron chi connectivity index (χ3n) is 1.85. The van der Waals surface area contributed by atoms with E-state index < -0.39 is 6.61 Å². The number of carbonyl (C=O) groups is 1. The number of alkyl halides is 3. The Morgan fingerprint density at radius 3 is 2.75 bits per heavy atom. The van der Waals surface area contributed by atoms with Gasteiger partial charge < -0.3 is 4.74 Å². The Morgan fingerprint density at radius 1 is 1.50 bits per heavy atom. The van der Waals surface area contributed by atoms with Crippen molar-refractivity contribution in [2.24, 2.45) is 0 Å². The maximum absolute atomic E-state index is 12.1. The molecule has 0 unspecified atom stereocenters. The molecule has 6 heteroatoms. The van der Waals surface area contributed by atoms with Crippen molar-refractivity contribution >= 4 is 30.0 Å². The maximum Gasteiger partial charge on any atom is 0.387 e. The van der Waals surface area contributed by atoms with Gasteiger partial charge in [-0.15, -0.1) is 24.2 Å². The summed E-state index contributed by atoms with van der Waals surface area (Å²) >= 11 is 9.43. The summed E-state index contributed by atoms with van der Waals surface area (Å²) in [6.07, 6.45) is -0.0643. The van der Waals surface area contributed by atoms with Crippen LogP contribution >= 0.6 is 24.2 Å². The molecular formula is C10H9ClF2O2S. The predicted octanol–water partition coefficient (Wildman–Crippen LogP) is 2.93. The number of ether oxygens (including phenoxy) is 1. The normalized spacial score (nSPS) is 10.6. The van der Waals surface area contributed by atoms with Crippen molar-refractivity contribution in [3.8, 4) is 5.75 Å². The third-order valence-corrected chi connectivity index (χ3v) is 2.56. The van der Waals surface area contributed by atoms with Gasteiger partial charge in [-0.3, -0.25) is 4.79 Å². The van der Waals surface area contributed by atoms with E-state index in [1.54, 1.807) is 6.07 Å². The van der Waals surface area contributed by atoms with E-state index >= 15 is 0 Å². The Kier molecular flexibility index (Phi) is 5.02. The summed E-state index contributed by atoms with van der Waals surface area (Å²) in [5.74, 6) is -0.487. The van der Waals surface area contributed by atoms with Crippen LogP contribution < -0.4 is 4.74 Å². The van der Waals surface area contributed by atoms with Crippen molar-refractivity contribution in [3.05, 3.63) is 23.8 Å². The van der Waals surface area contributed by atoms with Crippen LogP contribution in [0, 0.1) is 0 Å². The van der Waals surface area contributed by atoms with Gasteiger partial charge >= 0.3 is 6.61 Å².